The lowest BCUT2D eigenvalue weighted by Gasteiger charge is -2.22. The molecule has 0 saturated heterocycles. The molecule has 0 saturated carbocycles. The van der Waals surface area contributed by atoms with Crippen molar-refractivity contribution in [1.29, 1.82) is 0 Å². The molecule has 0 atom stereocenters. The summed E-state index contributed by atoms with van der Waals surface area (Å²) in [7, 11) is 0. The maximum atomic E-state index is 4.75. The minimum Gasteiger partial charge on any atom is -0.316 e. The summed E-state index contributed by atoms with van der Waals surface area (Å²) in [4.78, 5) is 4.75. The molecule has 23 heavy (non-hydrogen) atoms. The highest BCUT2D eigenvalue weighted by atomic mass is 15.1. The molecular weight excluding hydrogens is 280 g/mol. The Balaban J connectivity index is 2.00. The van der Waals surface area contributed by atoms with Crippen LogP contribution in [0.25, 0.3) is 11.0 Å². The predicted molar refractivity (Wildman–Crippen MR) is 94.6 cm³/mol. The van der Waals surface area contributed by atoms with E-state index in [4.69, 9.17) is 4.98 Å². The summed E-state index contributed by atoms with van der Waals surface area (Å²) in [5, 5.41) is 0. The lowest BCUT2D eigenvalue weighted by atomic mass is 9.98. The lowest BCUT2D eigenvalue weighted by molar-refractivity contribution is 0.674. The molecule has 4 aromatic rings. The normalized spacial score (nSPS) is 11.2. The molecule has 3 aromatic carbocycles. The number of benzene rings is 3. The van der Waals surface area contributed by atoms with E-state index in [2.05, 4.69) is 90.4 Å². The Bertz CT molecular complexity index is 884. The zero-order valence-electron chi connectivity index (χ0n) is 13.1. The molecule has 1 aromatic heterocycles. The zero-order valence-corrected chi connectivity index (χ0v) is 13.1. The molecule has 0 N–H and O–H groups in total. The van der Waals surface area contributed by atoms with Crippen LogP contribution in [0.3, 0.4) is 0 Å². The highest BCUT2D eigenvalue weighted by molar-refractivity contribution is 5.76. The number of para-hydroxylation sites is 2. The Hall–Kier alpha value is -2.87. The van der Waals surface area contributed by atoms with Gasteiger partial charge in [0, 0.05) is 0 Å². The van der Waals surface area contributed by atoms with Crippen molar-refractivity contribution < 1.29 is 0 Å². The maximum absolute atomic E-state index is 4.75. The quantitative estimate of drug-likeness (QED) is 0.521. The van der Waals surface area contributed by atoms with Crippen LogP contribution in [0.2, 0.25) is 0 Å². The first-order valence-corrected chi connectivity index (χ1v) is 7.88. The molecule has 0 aliphatic rings. The van der Waals surface area contributed by atoms with Crippen molar-refractivity contribution in [3.63, 3.8) is 0 Å². The van der Waals surface area contributed by atoms with Gasteiger partial charge in [-0.1, -0.05) is 72.8 Å². The van der Waals surface area contributed by atoms with E-state index in [-0.39, 0.29) is 6.04 Å². The molecule has 2 heteroatoms. The van der Waals surface area contributed by atoms with Gasteiger partial charge in [0.2, 0.25) is 0 Å². The van der Waals surface area contributed by atoms with Crippen molar-refractivity contribution in [3.05, 3.63) is 102 Å². The van der Waals surface area contributed by atoms with Gasteiger partial charge in [0.25, 0.3) is 0 Å². The third-order valence-electron chi connectivity index (χ3n) is 4.26. The molecule has 0 aliphatic carbocycles. The first kappa shape index (κ1) is 13.8. The maximum Gasteiger partial charge on any atom is 0.107 e. The van der Waals surface area contributed by atoms with E-state index >= 15 is 0 Å². The molecule has 112 valence electrons. The number of aromatic nitrogens is 2. The Kier molecular flexibility index (Phi) is 3.43. The van der Waals surface area contributed by atoms with E-state index in [9.17, 15) is 0 Å². The SMILES string of the molecule is Cc1nc2ccccc2n1C(c1ccccc1)c1ccccc1. The van der Waals surface area contributed by atoms with Gasteiger partial charge < -0.3 is 4.57 Å². The fourth-order valence-corrected chi connectivity index (χ4v) is 3.25. The molecule has 1 heterocycles. The summed E-state index contributed by atoms with van der Waals surface area (Å²) in [5.41, 5.74) is 4.75. The largest absolute Gasteiger partial charge is 0.316 e. The second-order valence-corrected chi connectivity index (χ2v) is 5.74. The molecule has 2 nitrogen and oxygen atoms in total. The summed E-state index contributed by atoms with van der Waals surface area (Å²) in [6.07, 6.45) is 0. The monoisotopic (exact) mass is 298 g/mol. The molecule has 0 amide bonds. The summed E-state index contributed by atoms with van der Waals surface area (Å²) >= 11 is 0. The van der Waals surface area contributed by atoms with Crippen LogP contribution in [0.1, 0.15) is 23.0 Å². The highest BCUT2D eigenvalue weighted by Gasteiger charge is 2.20. The summed E-state index contributed by atoms with van der Waals surface area (Å²) < 4.78 is 2.33. The number of hydrogen-bond donors (Lipinski definition) is 0. The molecule has 0 unspecified atom stereocenters. The Morgan fingerprint density at radius 1 is 0.696 bits per heavy atom. The molecule has 0 fully saturated rings. The third-order valence-corrected chi connectivity index (χ3v) is 4.26. The number of rotatable bonds is 3. The predicted octanol–water partition coefficient (Wildman–Crippen LogP) is 4.98. The molecule has 0 aliphatic heterocycles. The van der Waals surface area contributed by atoms with E-state index in [1.54, 1.807) is 0 Å². The zero-order chi connectivity index (χ0) is 15.6. The number of fused-ring (bicyclic) bond motifs is 1. The Morgan fingerprint density at radius 2 is 1.22 bits per heavy atom. The van der Waals surface area contributed by atoms with Crippen molar-refractivity contribution >= 4 is 11.0 Å². The number of imidazole rings is 1. The smallest absolute Gasteiger partial charge is 0.107 e. The average molecular weight is 298 g/mol. The second kappa shape index (κ2) is 5.73. The van der Waals surface area contributed by atoms with Gasteiger partial charge in [0.1, 0.15) is 5.82 Å². The van der Waals surface area contributed by atoms with Crippen LogP contribution in [-0.2, 0) is 0 Å². The molecule has 4 rings (SSSR count). The molecule has 0 spiro atoms. The van der Waals surface area contributed by atoms with Gasteiger partial charge in [-0.25, -0.2) is 4.98 Å². The first-order chi connectivity index (χ1) is 11.3. The third kappa shape index (κ3) is 2.42. The number of aryl methyl sites for hydroxylation is 1. The summed E-state index contributed by atoms with van der Waals surface area (Å²) in [5.74, 6) is 1.03. The fourth-order valence-electron chi connectivity index (χ4n) is 3.25. The Labute approximate surface area is 136 Å². The van der Waals surface area contributed by atoms with Crippen molar-refractivity contribution in [3.8, 4) is 0 Å². The molecule has 0 bridgehead atoms. The number of nitrogens with zero attached hydrogens (tertiary/aromatic N) is 2. The van der Waals surface area contributed by atoms with Crippen molar-refractivity contribution in [2.24, 2.45) is 0 Å². The summed E-state index contributed by atoms with van der Waals surface area (Å²) in [6.45, 7) is 2.08. The molecular formula is C21H18N2. The van der Waals surface area contributed by atoms with Gasteiger partial charge in [0.15, 0.2) is 0 Å². The highest BCUT2D eigenvalue weighted by Crippen LogP contribution is 2.31. The van der Waals surface area contributed by atoms with Crippen LogP contribution < -0.4 is 0 Å². The van der Waals surface area contributed by atoms with Gasteiger partial charge in [-0.05, 0) is 30.2 Å². The van der Waals surface area contributed by atoms with Crippen molar-refractivity contribution in [2.75, 3.05) is 0 Å². The Morgan fingerprint density at radius 3 is 1.83 bits per heavy atom. The standard InChI is InChI=1S/C21H18N2/c1-16-22-19-14-8-9-15-20(19)23(16)21(17-10-4-2-5-11-17)18-12-6-3-7-13-18/h2-15,21H,1H3. The second-order valence-electron chi connectivity index (χ2n) is 5.74. The first-order valence-electron chi connectivity index (χ1n) is 7.88. The van der Waals surface area contributed by atoms with E-state index in [1.165, 1.54) is 16.6 Å². The van der Waals surface area contributed by atoms with Gasteiger partial charge >= 0.3 is 0 Å². The van der Waals surface area contributed by atoms with Gasteiger partial charge in [-0.2, -0.15) is 0 Å². The van der Waals surface area contributed by atoms with Gasteiger partial charge in [0.05, 0.1) is 17.1 Å². The number of hydrogen-bond acceptors (Lipinski definition) is 1. The van der Waals surface area contributed by atoms with Crippen LogP contribution in [0.5, 0.6) is 0 Å². The fraction of sp³-hybridized carbons (Fsp3) is 0.0952. The van der Waals surface area contributed by atoms with E-state index in [0.717, 1.165) is 11.3 Å². The van der Waals surface area contributed by atoms with E-state index < -0.39 is 0 Å². The lowest BCUT2D eigenvalue weighted by Crippen LogP contribution is -2.13. The van der Waals surface area contributed by atoms with Crippen LogP contribution in [0.15, 0.2) is 84.9 Å². The molecule has 0 radical (unpaired) electrons. The van der Waals surface area contributed by atoms with Crippen LogP contribution in [-0.4, -0.2) is 9.55 Å². The topological polar surface area (TPSA) is 17.8 Å². The van der Waals surface area contributed by atoms with E-state index in [1.807, 2.05) is 6.07 Å². The van der Waals surface area contributed by atoms with Gasteiger partial charge in [-0.15, -0.1) is 0 Å². The van der Waals surface area contributed by atoms with Crippen molar-refractivity contribution in [2.45, 2.75) is 13.0 Å². The van der Waals surface area contributed by atoms with E-state index in [0.29, 0.717) is 0 Å². The summed E-state index contributed by atoms with van der Waals surface area (Å²) in [6, 6.07) is 29.7. The van der Waals surface area contributed by atoms with Crippen LogP contribution in [0, 0.1) is 6.92 Å². The van der Waals surface area contributed by atoms with Crippen LogP contribution >= 0.6 is 0 Å². The minimum atomic E-state index is 0.129. The minimum absolute atomic E-state index is 0.129. The average Bonchev–Trinajstić information content (AvgIpc) is 2.94. The van der Waals surface area contributed by atoms with Crippen molar-refractivity contribution in [1.82, 2.24) is 9.55 Å². The van der Waals surface area contributed by atoms with Crippen LogP contribution in [0.4, 0.5) is 0 Å². The van der Waals surface area contributed by atoms with Gasteiger partial charge in [-0.3, -0.25) is 0 Å².